The van der Waals surface area contributed by atoms with Gasteiger partial charge in [0.05, 0.1) is 0 Å². The van der Waals surface area contributed by atoms with E-state index in [2.05, 4.69) is 24.5 Å². The first kappa shape index (κ1) is 18.1. The van der Waals surface area contributed by atoms with Crippen molar-refractivity contribution < 1.29 is 9.59 Å². The van der Waals surface area contributed by atoms with Crippen molar-refractivity contribution in [3.8, 4) is 0 Å². The van der Waals surface area contributed by atoms with Crippen LogP contribution in [0.1, 0.15) is 65.7 Å². The first-order chi connectivity index (χ1) is 9.10. The zero-order valence-electron chi connectivity index (χ0n) is 12.8. The SMILES string of the molecule is CCCCC(C)NCCCNC(=O)CCC(=O)CC. The van der Waals surface area contributed by atoms with Gasteiger partial charge in [0.1, 0.15) is 5.78 Å². The summed E-state index contributed by atoms with van der Waals surface area (Å²) in [5, 5.41) is 6.29. The third-order valence-electron chi connectivity index (χ3n) is 3.18. The topological polar surface area (TPSA) is 58.2 Å². The second-order valence-electron chi connectivity index (χ2n) is 5.09. The van der Waals surface area contributed by atoms with E-state index < -0.39 is 0 Å². The number of amides is 1. The van der Waals surface area contributed by atoms with Crippen LogP contribution in [0.25, 0.3) is 0 Å². The van der Waals surface area contributed by atoms with Gasteiger partial charge < -0.3 is 10.6 Å². The minimum absolute atomic E-state index is 0.0131. The van der Waals surface area contributed by atoms with Crippen LogP contribution in [0.15, 0.2) is 0 Å². The highest BCUT2D eigenvalue weighted by molar-refractivity contribution is 5.84. The smallest absolute Gasteiger partial charge is 0.220 e. The van der Waals surface area contributed by atoms with Crippen LogP contribution in [0.4, 0.5) is 0 Å². The van der Waals surface area contributed by atoms with Crippen molar-refractivity contribution in [3.05, 3.63) is 0 Å². The highest BCUT2D eigenvalue weighted by Crippen LogP contribution is 1.99. The molecule has 0 aliphatic rings. The Balaban J connectivity index is 3.38. The van der Waals surface area contributed by atoms with Crippen molar-refractivity contribution in [2.45, 2.75) is 71.8 Å². The van der Waals surface area contributed by atoms with Crippen LogP contribution in [-0.4, -0.2) is 30.8 Å². The molecule has 0 aromatic rings. The summed E-state index contributed by atoms with van der Waals surface area (Å²) in [5.41, 5.74) is 0. The summed E-state index contributed by atoms with van der Waals surface area (Å²) in [7, 11) is 0. The van der Waals surface area contributed by atoms with Gasteiger partial charge in [-0.2, -0.15) is 0 Å². The largest absolute Gasteiger partial charge is 0.356 e. The summed E-state index contributed by atoms with van der Waals surface area (Å²) in [6.45, 7) is 7.84. The van der Waals surface area contributed by atoms with E-state index in [1.54, 1.807) is 0 Å². The Morgan fingerprint density at radius 3 is 2.42 bits per heavy atom. The summed E-state index contributed by atoms with van der Waals surface area (Å²) in [6, 6.07) is 0.554. The van der Waals surface area contributed by atoms with Crippen LogP contribution in [0.5, 0.6) is 0 Å². The standard InChI is InChI=1S/C15H30N2O2/c1-4-6-8-13(3)16-11-7-12-17-15(19)10-9-14(18)5-2/h13,16H,4-12H2,1-3H3,(H,17,19). The highest BCUT2D eigenvalue weighted by atomic mass is 16.2. The van der Waals surface area contributed by atoms with Crippen molar-refractivity contribution in [1.82, 2.24) is 10.6 Å². The molecule has 4 nitrogen and oxygen atoms in total. The summed E-state index contributed by atoms with van der Waals surface area (Å²) in [5.74, 6) is 0.141. The maximum atomic E-state index is 11.4. The van der Waals surface area contributed by atoms with Crippen molar-refractivity contribution in [2.24, 2.45) is 0 Å². The molecule has 0 saturated carbocycles. The van der Waals surface area contributed by atoms with Gasteiger partial charge in [-0.3, -0.25) is 9.59 Å². The molecule has 0 aromatic carbocycles. The molecule has 112 valence electrons. The Labute approximate surface area is 117 Å². The molecule has 0 saturated heterocycles. The Kier molecular flexibility index (Phi) is 11.6. The predicted molar refractivity (Wildman–Crippen MR) is 79.1 cm³/mol. The lowest BCUT2D eigenvalue weighted by molar-refractivity contribution is -0.125. The Morgan fingerprint density at radius 1 is 1.05 bits per heavy atom. The molecule has 1 amide bonds. The number of ketones is 1. The zero-order chi connectivity index (χ0) is 14.5. The number of carbonyl (C=O) groups excluding carboxylic acids is 2. The molecule has 4 heteroatoms. The third-order valence-corrected chi connectivity index (χ3v) is 3.18. The Hall–Kier alpha value is -0.900. The molecule has 1 unspecified atom stereocenters. The van der Waals surface area contributed by atoms with E-state index in [-0.39, 0.29) is 11.7 Å². The van der Waals surface area contributed by atoms with Crippen molar-refractivity contribution in [2.75, 3.05) is 13.1 Å². The molecule has 0 rings (SSSR count). The fourth-order valence-corrected chi connectivity index (χ4v) is 1.80. The molecule has 0 aliphatic carbocycles. The van der Waals surface area contributed by atoms with Crippen molar-refractivity contribution >= 4 is 11.7 Å². The molecule has 0 bridgehead atoms. The molecule has 1 atom stereocenters. The lowest BCUT2D eigenvalue weighted by Gasteiger charge is -2.13. The van der Waals surface area contributed by atoms with Gasteiger partial charge in [0, 0.05) is 31.8 Å². The molecule has 0 heterocycles. The van der Waals surface area contributed by atoms with Crippen LogP contribution >= 0.6 is 0 Å². The zero-order valence-corrected chi connectivity index (χ0v) is 12.8. The second kappa shape index (κ2) is 12.2. The van der Waals surface area contributed by atoms with Crippen LogP contribution in [0.2, 0.25) is 0 Å². The fourth-order valence-electron chi connectivity index (χ4n) is 1.80. The third kappa shape index (κ3) is 11.9. The highest BCUT2D eigenvalue weighted by Gasteiger charge is 2.04. The summed E-state index contributed by atoms with van der Waals surface area (Å²) >= 11 is 0. The molecule has 2 N–H and O–H groups in total. The fraction of sp³-hybridized carbons (Fsp3) is 0.867. The predicted octanol–water partition coefficient (Wildman–Crippen LogP) is 2.42. The number of hydrogen-bond donors (Lipinski definition) is 2. The van der Waals surface area contributed by atoms with Gasteiger partial charge in [0.15, 0.2) is 0 Å². The average molecular weight is 270 g/mol. The van der Waals surface area contributed by atoms with Gasteiger partial charge in [0.2, 0.25) is 5.91 Å². The molecule has 0 radical (unpaired) electrons. The number of hydrogen-bond acceptors (Lipinski definition) is 3. The van der Waals surface area contributed by atoms with Gasteiger partial charge in [0.25, 0.3) is 0 Å². The molecule has 0 fully saturated rings. The first-order valence-electron chi connectivity index (χ1n) is 7.61. The maximum Gasteiger partial charge on any atom is 0.220 e. The van der Waals surface area contributed by atoms with E-state index in [9.17, 15) is 9.59 Å². The number of nitrogens with one attached hydrogen (secondary N) is 2. The number of carbonyl (C=O) groups is 2. The molecule has 0 aliphatic heterocycles. The summed E-state index contributed by atoms with van der Waals surface area (Å²) < 4.78 is 0. The monoisotopic (exact) mass is 270 g/mol. The number of Topliss-reactive ketones (excluding diaryl/α,β-unsaturated/α-hetero) is 1. The summed E-state index contributed by atoms with van der Waals surface area (Å²) in [4.78, 5) is 22.5. The molecular formula is C15H30N2O2. The summed E-state index contributed by atoms with van der Waals surface area (Å²) in [6.07, 6.45) is 5.86. The van der Waals surface area contributed by atoms with Crippen LogP contribution in [0, 0.1) is 0 Å². The van der Waals surface area contributed by atoms with E-state index in [1.165, 1.54) is 19.3 Å². The normalized spacial score (nSPS) is 12.2. The second-order valence-corrected chi connectivity index (χ2v) is 5.09. The van der Waals surface area contributed by atoms with Gasteiger partial charge >= 0.3 is 0 Å². The van der Waals surface area contributed by atoms with E-state index in [0.717, 1.165) is 13.0 Å². The van der Waals surface area contributed by atoms with Crippen LogP contribution in [0.3, 0.4) is 0 Å². The minimum Gasteiger partial charge on any atom is -0.356 e. The first-order valence-corrected chi connectivity index (χ1v) is 7.61. The van der Waals surface area contributed by atoms with Crippen LogP contribution in [-0.2, 0) is 9.59 Å². The van der Waals surface area contributed by atoms with Gasteiger partial charge in [-0.05, 0) is 26.3 Å². The van der Waals surface area contributed by atoms with Crippen molar-refractivity contribution in [1.29, 1.82) is 0 Å². The molecular weight excluding hydrogens is 240 g/mol. The Bertz CT molecular complexity index is 255. The van der Waals surface area contributed by atoms with Gasteiger partial charge in [-0.15, -0.1) is 0 Å². The van der Waals surface area contributed by atoms with Crippen molar-refractivity contribution in [3.63, 3.8) is 0 Å². The lowest BCUT2D eigenvalue weighted by Crippen LogP contribution is -2.31. The van der Waals surface area contributed by atoms with Gasteiger partial charge in [-0.25, -0.2) is 0 Å². The Morgan fingerprint density at radius 2 is 1.79 bits per heavy atom. The molecule has 0 spiro atoms. The number of unbranched alkanes of at least 4 members (excludes halogenated alkanes) is 1. The maximum absolute atomic E-state index is 11.4. The number of rotatable bonds is 12. The average Bonchev–Trinajstić information content (AvgIpc) is 2.41. The molecule has 19 heavy (non-hydrogen) atoms. The molecule has 0 aromatic heterocycles. The van der Waals surface area contributed by atoms with Gasteiger partial charge in [-0.1, -0.05) is 26.7 Å². The van der Waals surface area contributed by atoms with E-state index in [4.69, 9.17) is 0 Å². The lowest BCUT2D eigenvalue weighted by atomic mass is 10.1. The minimum atomic E-state index is -0.0131. The van der Waals surface area contributed by atoms with E-state index in [0.29, 0.717) is 31.8 Å². The van der Waals surface area contributed by atoms with E-state index in [1.807, 2.05) is 6.92 Å². The quantitative estimate of drug-likeness (QED) is 0.535. The van der Waals surface area contributed by atoms with Crippen LogP contribution < -0.4 is 10.6 Å². The van der Waals surface area contributed by atoms with E-state index >= 15 is 0 Å².